The Kier molecular flexibility index (Phi) is 2.66. The van der Waals surface area contributed by atoms with Gasteiger partial charge in [0.1, 0.15) is 0 Å². The van der Waals surface area contributed by atoms with Crippen LogP contribution >= 0.6 is 11.6 Å². The zero-order chi connectivity index (χ0) is 10.1. The second-order valence-electron chi connectivity index (χ2n) is 3.81. The quantitative estimate of drug-likeness (QED) is 0.805. The minimum Gasteiger partial charge on any atom is -0.374 e. The van der Waals surface area contributed by atoms with E-state index in [4.69, 9.17) is 11.6 Å². The molecule has 1 N–H and O–H groups in total. The maximum atomic E-state index is 6.21. The van der Waals surface area contributed by atoms with Crippen LogP contribution in [-0.4, -0.2) is 27.2 Å². The van der Waals surface area contributed by atoms with Gasteiger partial charge in [0.15, 0.2) is 0 Å². The van der Waals surface area contributed by atoms with Crippen LogP contribution in [0.1, 0.15) is 11.5 Å². The maximum Gasteiger partial charge on any atom is 0.0462 e. The number of nitrogens with zero attached hydrogens (tertiary/aromatic N) is 1. The van der Waals surface area contributed by atoms with Gasteiger partial charge in [0.2, 0.25) is 0 Å². The van der Waals surface area contributed by atoms with Crippen molar-refractivity contribution in [3.8, 4) is 0 Å². The molecule has 1 aliphatic rings. The number of nitrogens with one attached hydrogen (secondary N) is 1. The van der Waals surface area contributed by atoms with Crippen molar-refractivity contribution < 1.29 is 0 Å². The maximum absolute atomic E-state index is 6.21. The minimum atomic E-state index is 0.522. The molecule has 0 amide bonds. The largest absolute Gasteiger partial charge is 0.374 e. The van der Waals surface area contributed by atoms with Crippen molar-refractivity contribution in [3.63, 3.8) is 0 Å². The van der Waals surface area contributed by atoms with Gasteiger partial charge in [-0.05, 0) is 19.2 Å². The number of rotatable bonds is 2. The van der Waals surface area contributed by atoms with Crippen LogP contribution in [0.25, 0.3) is 0 Å². The number of likely N-dealkylation sites (N-methyl/N-ethyl adjacent to an activating group) is 2. The van der Waals surface area contributed by atoms with E-state index in [0.717, 1.165) is 18.1 Å². The first-order valence-corrected chi connectivity index (χ1v) is 5.26. The zero-order valence-corrected chi connectivity index (χ0v) is 9.30. The van der Waals surface area contributed by atoms with Gasteiger partial charge in [0.05, 0.1) is 0 Å². The first kappa shape index (κ1) is 9.81. The Bertz CT molecular complexity index is 338. The molecule has 1 aromatic carbocycles. The highest BCUT2D eigenvalue weighted by atomic mass is 35.5. The Balaban J connectivity index is 2.40. The molecule has 0 saturated carbocycles. The Labute approximate surface area is 89.9 Å². The lowest BCUT2D eigenvalue weighted by atomic mass is 10.0. The molecule has 1 aliphatic heterocycles. The summed E-state index contributed by atoms with van der Waals surface area (Å²) in [5.41, 5.74) is 2.57. The zero-order valence-electron chi connectivity index (χ0n) is 8.55. The summed E-state index contributed by atoms with van der Waals surface area (Å²) in [5.74, 6) is 0.522. The highest BCUT2D eigenvalue weighted by Crippen LogP contribution is 2.39. The van der Waals surface area contributed by atoms with Crippen molar-refractivity contribution >= 4 is 17.3 Å². The molecule has 0 saturated heterocycles. The van der Waals surface area contributed by atoms with E-state index in [9.17, 15) is 0 Å². The summed E-state index contributed by atoms with van der Waals surface area (Å²) in [6, 6.07) is 6.12. The Morgan fingerprint density at radius 1 is 1.57 bits per heavy atom. The molecule has 0 aromatic heterocycles. The van der Waals surface area contributed by atoms with Crippen LogP contribution in [0.3, 0.4) is 0 Å². The second-order valence-corrected chi connectivity index (χ2v) is 4.21. The highest BCUT2D eigenvalue weighted by molar-refractivity contribution is 6.32. The molecule has 0 fully saturated rings. The molecule has 1 aromatic rings. The predicted octanol–water partition coefficient (Wildman–Crippen LogP) is 2.09. The molecule has 0 radical (unpaired) electrons. The van der Waals surface area contributed by atoms with Crippen molar-refractivity contribution in [3.05, 3.63) is 28.8 Å². The van der Waals surface area contributed by atoms with E-state index in [0.29, 0.717) is 5.92 Å². The molecular formula is C11H15ClN2. The first-order valence-electron chi connectivity index (χ1n) is 4.88. The number of benzene rings is 1. The lowest BCUT2D eigenvalue weighted by molar-refractivity contribution is 0.654. The minimum absolute atomic E-state index is 0.522. The number of hydrogen-bond donors (Lipinski definition) is 1. The van der Waals surface area contributed by atoms with Crippen molar-refractivity contribution in [1.82, 2.24) is 5.32 Å². The molecule has 14 heavy (non-hydrogen) atoms. The van der Waals surface area contributed by atoms with Crippen LogP contribution in [0.5, 0.6) is 0 Å². The van der Waals surface area contributed by atoms with Crippen molar-refractivity contribution in [2.75, 3.05) is 32.1 Å². The summed E-state index contributed by atoms with van der Waals surface area (Å²) in [6.45, 7) is 2.04. The van der Waals surface area contributed by atoms with E-state index in [2.05, 4.69) is 23.3 Å². The third kappa shape index (κ3) is 1.49. The van der Waals surface area contributed by atoms with Gasteiger partial charge in [-0.2, -0.15) is 0 Å². The average molecular weight is 211 g/mol. The summed E-state index contributed by atoms with van der Waals surface area (Å²) in [5, 5.41) is 4.11. The molecule has 1 atom stereocenters. The molecule has 0 aliphatic carbocycles. The van der Waals surface area contributed by atoms with Gasteiger partial charge in [0, 0.05) is 42.3 Å². The molecule has 1 heterocycles. The van der Waals surface area contributed by atoms with Crippen LogP contribution in [0, 0.1) is 0 Å². The van der Waals surface area contributed by atoms with Crippen LogP contribution in [0.4, 0.5) is 5.69 Å². The van der Waals surface area contributed by atoms with E-state index >= 15 is 0 Å². The summed E-state index contributed by atoms with van der Waals surface area (Å²) < 4.78 is 0. The SMILES string of the molecule is CNCC1CN(C)c2cccc(Cl)c21. The third-order valence-corrected chi connectivity index (χ3v) is 3.12. The molecular weight excluding hydrogens is 196 g/mol. The standard InChI is InChI=1S/C11H15ClN2/c1-13-6-8-7-14(2)10-5-3-4-9(12)11(8)10/h3-5,8,13H,6-7H2,1-2H3. The number of anilines is 1. The molecule has 2 rings (SSSR count). The predicted molar refractivity (Wildman–Crippen MR) is 61.4 cm³/mol. The van der Waals surface area contributed by atoms with Gasteiger partial charge >= 0.3 is 0 Å². The van der Waals surface area contributed by atoms with Gasteiger partial charge in [0.25, 0.3) is 0 Å². The van der Waals surface area contributed by atoms with Crippen LogP contribution < -0.4 is 10.2 Å². The first-order chi connectivity index (χ1) is 6.74. The third-order valence-electron chi connectivity index (χ3n) is 2.79. The van der Waals surface area contributed by atoms with Crippen molar-refractivity contribution in [2.45, 2.75) is 5.92 Å². The van der Waals surface area contributed by atoms with E-state index in [-0.39, 0.29) is 0 Å². The number of fused-ring (bicyclic) bond motifs is 1. The normalized spacial score (nSPS) is 19.9. The van der Waals surface area contributed by atoms with Gasteiger partial charge in [-0.1, -0.05) is 17.7 Å². The number of hydrogen-bond acceptors (Lipinski definition) is 2. The van der Waals surface area contributed by atoms with Gasteiger partial charge < -0.3 is 10.2 Å². The molecule has 76 valence electrons. The van der Waals surface area contributed by atoms with E-state index in [1.54, 1.807) is 0 Å². The summed E-state index contributed by atoms with van der Waals surface area (Å²) in [7, 11) is 4.10. The summed E-state index contributed by atoms with van der Waals surface area (Å²) >= 11 is 6.21. The summed E-state index contributed by atoms with van der Waals surface area (Å²) in [6.07, 6.45) is 0. The van der Waals surface area contributed by atoms with Crippen LogP contribution in [0.15, 0.2) is 18.2 Å². The van der Waals surface area contributed by atoms with Crippen LogP contribution in [-0.2, 0) is 0 Å². The fraction of sp³-hybridized carbons (Fsp3) is 0.455. The molecule has 0 spiro atoms. The van der Waals surface area contributed by atoms with Gasteiger partial charge in [-0.15, -0.1) is 0 Å². The Morgan fingerprint density at radius 2 is 2.36 bits per heavy atom. The van der Waals surface area contributed by atoms with Crippen molar-refractivity contribution in [2.24, 2.45) is 0 Å². The topological polar surface area (TPSA) is 15.3 Å². The van der Waals surface area contributed by atoms with E-state index in [1.165, 1.54) is 11.3 Å². The van der Waals surface area contributed by atoms with Crippen LogP contribution in [0.2, 0.25) is 5.02 Å². The van der Waals surface area contributed by atoms with E-state index in [1.807, 2.05) is 19.2 Å². The fourth-order valence-electron chi connectivity index (χ4n) is 2.20. The lowest BCUT2D eigenvalue weighted by Crippen LogP contribution is -2.22. The average Bonchev–Trinajstić information content (AvgIpc) is 2.46. The monoisotopic (exact) mass is 210 g/mol. The van der Waals surface area contributed by atoms with Gasteiger partial charge in [-0.3, -0.25) is 0 Å². The van der Waals surface area contributed by atoms with Gasteiger partial charge in [-0.25, -0.2) is 0 Å². The highest BCUT2D eigenvalue weighted by Gasteiger charge is 2.27. The second kappa shape index (κ2) is 3.79. The van der Waals surface area contributed by atoms with E-state index < -0.39 is 0 Å². The summed E-state index contributed by atoms with van der Waals surface area (Å²) in [4.78, 5) is 2.27. The lowest BCUT2D eigenvalue weighted by Gasteiger charge is -2.11. The molecule has 2 nitrogen and oxygen atoms in total. The Hall–Kier alpha value is -0.730. The molecule has 3 heteroatoms. The smallest absolute Gasteiger partial charge is 0.0462 e. The van der Waals surface area contributed by atoms with Crippen molar-refractivity contribution in [1.29, 1.82) is 0 Å². The molecule has 0 bridgehead atoms. The molecule has 1 unspecified atom stereocenters. The number of halogens is 1. The Morgan fingerprint density at radius 3 is 3.07 bits per heavy atom. The fourth-order valence-corrected chi connectivity index (χ4v) is 2.52.